The predicted molar refractivity (Wildman–Crippen MR) is 67.0 cm³/mol. The van der Waals surface area contributed by atoms with Gasteiger partial charge in [0.05, 0.1) is 5.69 Å². The fourth-order valence-electron chi connectivity index (χ4n) is 1.93. The van der Waals surface area contributed by atoms with Gasteiger partial charge in [-0.1, -0.05) is 12.1 Å². The third-order valence-electron chi connectivity index (χ3n) is 2.78. The van der Waals surface area contributed by atoms with Crippen LogP contribution in [0.5, 0.6) is 5.75 Å². The van der Waals surface area contributed by atoms with E-state index < -0.39 is 6.10 Å². The zero-order valence-corrected chi connectivity index (χ0v) is 9.85. The molecule has 1 unspecified atom stereocenters. The Morgan fingerprint density at radius 1 is 1.47 bits per heavy atom. The maximum atomic E-state index is 12.0. The van der Waals surface area contributed by atoms with Crippen LogP contribution in [-0.2, 0) is 4.79 Å². The Balaban J connectivity index is 2.23. The highest BCUT2D eigenvalue weighted by Gasteiger charge is 2.30. The molecule has 0 aliphatic carbocycles. The van der Waals surface area contributed by atoms with Gasteiger partial charge >= 0.3 is 0 Å². The van der Waals surface area contributed by atoms with Crippen LogP contribution in [0, 0.1) is 12.3 Å². The van der Waals surface area contributed by atoms with Gasteiger partial charge in [0, 0.05) is 13.0 Å². The van der Waals surface area contributed by atoms with Crippen molar-refractivity contribution in [1.82, 2.24) is 0 Å². The van der Waals surface area contributed by atoms with Crippen LogP contribution < -0.4 is 9.64 Å². The van der Waals surface area contributed by atoms with Gasteiger partial charge in [-0.25, -0.2) is 0 Å². The van der Waals surface area contributed by atoms with Gasteiger partial charge in [0.1, 0.15) is 5.75 Å². The van der Waals surface area contributed by atoms with Gasteiger partial charge < -0.3 is 9.64 Å². The van der Waals surface area contributed by atoms with E-state index >= 15 is 0 Å². The van der Waals surface area contributed by atoms with Crippen LogP contribution in [0.4, 0.5) is 5.69 Å². The van der Waals surface area contributed by atoms with Crippen LogP contribution in [0.15, 0.2) is 24.3 Å². The Morgan fingerprint density at radius 3 is 3.00 bits per heavy atom. The maximum absolute atomic E-state index is 12.0. The molecule has 88 valence electrons. The van der Waals surface area contributed by atoms with Crippen molar-refractivity contribution in [2.75, 3.05) is 11.4 Å². The first kappa shape index (κ1) is 11.5. The second-order valence-electron chi connectivity index (χ2n) is 4.03. The number of benzene rings is 1. The molecule has 0 saturated carbocycles. The summed E-state index contributed by atoms with van der Waals surface area (Å²) in [6.45, 7) is 2.42. The number of unbranched alkanes of at least 4 members (excludes halogenated alkanes) is 1. The fourth-order valence-corrected chi connectivity index (χ4v) is 1.93. The number of hydrogen-bond donors (Lipinski definition) is 0. The maximum Gasteiger partial charge on any atom is 0.267 e. The molecule has 1 aromatic carbocycles. The molecule has 3 nitrogen and oxygen atoms in total. The van der Waals surface area contributed by atoms with E-state index in [2.05, 4.69) is 5.92 Å². The van der Waals surface area contributed by atoms with Crippen LogP contribution in [0.2, 0.25) is 0 Å². The van der Waals surface area contributed by atoms with Crippen molar-refractivity contribution < 1.29 is 9.53 Å². The predicted octanol–water partition coefficient (Wildman–Crippen LogP) is 2.21. The molecule has 0 spiro atoms. The summed E-state index contributed by atoms with van der Waals surface area (Å²) < 4.78 is 5.55. The zero-order chi connectivity index (χ0) is 12.3. The summed E-state index contributed by atoms with van der Waals surface area (Å²) >= 11 is 0. The first-order chi connectivity index (χ1) is 8.24. The number of amides is 1. The third-order valence-corrected chi connectivity index (χ3v) is 2.78. The first-order valence-electron chi connectivity index (χ1n) is 5.74. The number of nitrogens with zero attached hydrogens (tertiary/aromatic N) is 1. The van der Waals surface area contributed by atoms with E-state index in [9.17, 15) is 4.79 Å². The molecule has 1 atom stereocenters. The summed E-state index contributed by atoms with van der Waals surface area (Å²) in [4.78, 5) is 13.8. The van der Waals surface area contributed by atoms with Crippen LogP contribution in [-0.4, -0.2) is 18.6 Å². The summed E-state index contributed by atoms with van der Waals surface area (Å²) in [5.74, 6) is 3.35. The standard InChI is InChI=1S/C14H15NO2/c1-3-4-7-10-15-12-8-5-6-9-13(12)17-11(2)14(15)16/h1,5-6,8-9,11H,4,7,10H2,2H3. The highest BCUT2D eigenvalue weighted by atomic mass is 16.5. The average molecular weight is 229 g/mol. The van der Waals surface area contributed by atoms with Crippen molar-refractivity contribution in [3.8, 4) is 18.1 Å². The second-order valence-corrected chi connectivity index (χ2v) is 4.03. The molecule has 1 aromatic rings. The highest BCUT2D eigenvalue weighted by molar-refractivity contribution is 5.99. The Labute approximate surface area is 101 Å². The first-order valence-corrected chi connectivity index (χ1v) is 5.74. The Bertz CT molecular complexity index is 462. The molecule has 1 aliphatic rings. The molecule has 1 aliphatic heterocycles. The number of carbonyl (C=O) groups excluding carboxylic acids is 1. The van der Waals surface area contributed by atoms with Crippen molar-refractivity contribution >= 4 is 11.6 Å². The Kier molecular flexibility index (Phi) is 3.34. The summed E-state index contributed by atoms with van der Waals surface area (Å²) in [5, 5.41) is 0. The fraction of sp³-hybridized carbons (Fsp3) is 0.357. The number of rotatable bonds is 3. The quantitative estimate of drug-likeness (QED) is 0.587. The molecule has 0 aromatic heterocycles. The largest absolute Gasteiger partial charge is 0.479 e. The normalized spacial score (nSPS) is 18.2. The minimum absolute atomic E-state index is 0.000668. The molecule has 0 radical (unpaired) electrons. The lowest BCUT2D eigenvalue weighted by molar-refractivity contribution is -0.125. The molecule has 3 heteroatoms. The Morgan fingerprint density at radius 2 is 2.24 bits per heavy atom. The van der Waals surface area contributed by atoms with Gasteiger partial charge in [-0.3, -0.25) is 4.79 Å². The van der Waals surface area contributed by atoms with E-state index in [1.165, 1.54) is 0 Å². The van der Waals surface area contributed by atoms with Gasteiger partial charge in [0.15, 0.2) is 6.10 Å². The molecule has 0 N–H and O–H groups in total. The number of anilines is 1. The molecule has 1 heterocycles. The Hall–Kier alpha value is -1.95. The minimum Gasteiger partial charge on any atom is -0.479 e. The zero-order valence-electron chi connectivity index (χ0n) is 9.85. The van der Waals surface area contributed by atoms with E-state index in [0.29, 0.717) is 13.0 Å². The van der Waals surface area contributed by atoms with E-state index in [0.717, 1.165) is 17.9 Å². The van der Waals surface area contributed by atoms with Gasteiger partial charge in [-0.15, -0.1) is 12.3 Å². The molecular weight excluding hydrogens is 214 g/mol. The lowest BCUT2D eigenvalue weighted by Gasteiger charge is -2.32. The summed E-state index contributed by atoms with van der Waals surface area (Å²) in [7, 11) is 0. The van der Waals surface area contributed by atoms with Gasteiger partial charge in [-0.05, 0) is 25.5 Å². The number of hydrogen-bond acceptors (Lipinski definition) is 2. The smallest absolute Gasteiger partial charge is 0.267 e. The lowest BCUT2D eigenvalue weighted by atomic mass is 10.1. The van der Waals surface area contributed by atoms with Crippen molar-refractivity contribution in [1.29, 1.82) is 0 Å². The summed E-state index contributed by atoms with van der Waals surface area (Å²) in [6.07, 6.45) is 6.29. The molecule has 2 rings (SSSR count). The highest BCUT2D eigenvalue weighted by Crippen LogP contribution is 2.33. The van der Waals surface area contributed by atoms with E-state index in [1.807, 2.05) is 24.3 Å². The lowest BCUT2D eigenvalue weighted by Crippen LogP contribution is -2.44. The summed E-state index contributed by atoms with van der Waals surface area (Å²) in [6, 6.07) is 7.59. The minimum atomic E-state index is -0.421. The SMILES string of the molecule is C#CCCCN1C(=O)C(C)Oc2ccccc21. The molecule has 17 heavy (non-hydrogen) atoms. The molecule has 0 saturated heterocycles. The van der Waals surface area contributed by atoms with Crippen molar-refractivity contribution in [3.05, 3.63) is 24.3 Å². The topological polar surface area (TPSA) is 29.5 Å². The molecular formula is C14H15NO2. The monoisotopic (exact) mass is 229 g/mol. The van der Waals surface area contributed by atoms with Gasteiger partial charge in [0.25, 0.3) is 5.91 Å². The number of terminal acetylenes is 1. The van der Waals surface area contributed by atoms with Crippen LogP contribution >= 0.6 is 0 Å². The average Bonchev–Trinajstić information content (AvgIpc) is 2.34. The van der Waals surface area contributed by atoms with Crippen molar-refractivity contribution in [2.45, 2.75) is 25.9 Å². The summed E-state index contributed by atoms with van der Waals surface area (Å²) in [5.41, 5.74) is 0.840. The van der Waals surface area contributed by atoms with E-state index in [1.54, 1.807) is 11.8 Å². The molecule has 0 bridgehead atoms. The van der Waals surface area contributed by atoms with Gasteiger partial charge in [0.2, 0.25) is 0 Å². The van der Waals surface area contributed by atoms with E-state index in [4.69, 9.17) is 11.2 Å². The van der Waals surface area contributed by atoms with Gasteiger partial charge in [-0.2, -0.15) is 0 Å². The van der Waals surface area contributed by atoms with Crippen LogP contribution in [0.3, 0.4) is 0 Å². The number of para-hydroxylation sites is 2. The third kappa shape index (κ3) is 2.26. The number of fused-ring (bicyclic) bond motifs is 1. The van der Waals surface area contributed by atoms with Crippen molar-refractivity contribution in [3.63, 3.8) is 0 Å². The molecule has 0 fully saturated rings. The second kappa shape index (κ2) is 4.92. The molecule has 1 amide bonds. The number of carbonyl (C=O) groups is 1. The van der Waals surface area contributed by atoms with Crippen LogP contribution in [0.1, 0.15) is 19.8 Å². The van der Waals surface area contributed by atoms with Crippen LogP contribution in [0.25, 0.3) is 0 Å². The van der Waals surface area contributed by atoms with E-state index in [-0.39, 0.29) is 5.91 Å². The number of ether oxygens (including phenoxy) is 1. The van der Waals surface area contributed by atoms with Crippen molar-refractivity contribution in [2.24, 2.45) is 0 Å².